The van der Waals surface area contributed by atoms with Crippen LogP contribution in [0.25, 0.3) is 0 Å². The maximum absolute atomic E-state index is 11.6. The Kier molecular flexibility index (Phi) is 1.34. The fraction of sp³-hybridized carbons (Fsp3) is 0.500. The molecule has 0 aliphatic carbocycles. The van der Waals surface area contributed by atoms with E-state index >= 15 is 0 Å². The van der Waals surface area contributed by atoms with Crippen molar-refractivity contribution in [2.24, 2.45) is 4.99 Å². The van der Waals surface area contributed by atoms with Gasteiger partial charge in [0, 0.05) is 0 Å². The van der Waals surface area contributed by atoms with E-state index in [9.17, 15) is 13.2 Å². The summed E-state index contributed by atoms with van der Waals surface area (Å²) < 4.78 is 34.7. The van der Waals surface area contributed by atoms with Crippen LogP contribution in [0.15, 0.2) is 4.99 Å². The number of aliphatic imine (C=N–C) groups is 1. The van der Waals surface area contributed by atoms with Crippen LogP contribution >= 0.6 is 0 Å². The third-order valence-corrected chi connectivity index (χ3v) is 0.845. The van der Waals surface area contributed by atoms with E-state index < -0.39 is 12.2 Å². The highest BCUT2D eigenvalue weighted by atomic mass is 19.4. The summed E-state index contributed by atoms with van der Waals surface area (Å²) in [6, 6.07) is -1.71. The van der Waals surface area contributed by atoms with Crippen LogP contribution in [0.4, 0.5) is 13.2 Å². The van der Waals surface area contributed by atoms with E-state index in [2.05, 4.69) is 10.3 Å². The van der Waals surface area contributed by atoms with Crippen molar-refractivity contribution in [1.82, 2.24) is 5.32 Å². The van der Waals surface area contributed by atoms with Crippen molar-refractivity contribution in [2.45, 2.75) is 12.2 Å². The average Bonchev–Trinajstić information content (AvgIpc) is 2.08. The Bertz CT molecular complexity index is 128. The van der Waals surface area contributed by atoms with Crippen molar-refractivity contribution < 1.29 is 13.2 Å². The Morgan fingerprint density at radius 2 is 2.22 bits per heavy atom. The quantitative estimate of drug-likeness (QED) is 0.517. The lowest BCUT2D eigenvalue weighted by atomic mass is 10.3. The zero-order valence-electron chi connectivity index (χ0n) is 4.24. The van der Waals surface area contributed by atoms with Gasteiger partial charge in [-0.1, -0.05) is 0 Å². The van der Waals surface area contributed by atoms with Gasteiger partial charge in [0.2, 0.25) is 0 Å². The Labute approximate surface area is 49.8 Å². The van der Waals surface area contributed by atoms with Gasteiger partial charge < -0.3 is 5.32 Å². The molecule has 0 aromatic rings. The minimum atomic E-state index is -4.27. The van der Waals surface area contributed by atoms with Gasteiger partial charge in [0.25, 0.3) is 0 Å². The van der Waals surface area contributed by atoms with Crippen molar-refractivity contribution >= 4 is 6.34 Å². The highest BCUT2D eigenvalue weighted by Crippen LogP contribution is 2.24. The van der Waals surface area contributed by atoms with Crippen LogP contribution in [0.1, 0.15) is 0 Å². The number of rotatable bonds is 0. The maximum Gasteiger partial charge on any atom is 0.412 e. The molecule has 1 aliphatic rings. The predicted molar refractivity (Wildman–Crippen MR) is 24.7 cm³/mol. The molecule has 0 saturated heterocycles. The minimum Gasteiger partial charge on any atom is -0.360 e. The van der Waals surface area contributed by atoms with Crippen molar-refractivity contribution in [3.63, 3.8) is 0 Å². The SMILES string of the molecule is FC(F)(F)C1[CH]N[C]=N1. The molecular formula is C4H3F3N2. The second-order valence-corrected chi connectivity index (χ2v) is 1.54. The summed E-state index contributed by atoms with van der Waals surface area (Å²) >= 11 is 0. The molecule has 0 saturated carbocycles. The molecule has 1 rings (SSSR count). The van der Waals surface area contributed by atoms with E-state index in [0.717, 1.165) is 6.54 Å². The van der Waals surface area contributed by atoms with E-state index in [4.69, 9.17) is 0 Å². The van der Waals surface area contributed by atoms with Gasteiger partial charge in [-0.05, 0) is 0 Å². The van der Waals surface area contributed by atoms with E-state index in [-0.39, 0.29) is 0 Å². The first-order chi connectivity index (χ1) is 4.11. The lowest BCUT2D eigenvalue weighted by Crippen LogP contribution is -2.27. The summed E-state index contributed by atoms with van der Waals surface area (Å²) in [5.41, 5.74) is 0. The number of halogens is 3. The molecule has 0 spiro atoms. The zero-order valence-corrected chi connectivity index (χ0v) is 4.24. The molecule has 1 heterocycles. The van der Waals surface area contributed by atoms with E-state index in [0.29, 0.717) is 0 Å². The minimum absolute atomic E-state index is 0.833. The van der Waals surface area contributed by atoms with Gasteiger partial charge in [-0.25, -0.2) is 0 Å². The summed E-state index contributed by atoms with van der Waals surface area (Å²) in [5, 5.41) is 2.12. The van der Waals surface area contributed by atoms with Gasteiger partial charge in [0.1, 0.15) is 0 Å². The molecule has 1 N–H and O–H groups in total. The highest BCUT2D eigenvalue weighted by molar-refractivity contribution is 5.59. The molecule has 0 amide bonds. The molecule has 0 fully saturated rings. The Hall–Kier alpha value is -0.740. The number of hydrogen-bond donors (Lipinski definition) is 1. The smallest absolute Gasteiger partial charge is 0.360 e. The van der Waals surface area contributed by atoms with Gasteiger partial charge >= 0.3 is 6.18 Å². The Balaban J connectivity index is 2.53. The summed E-state index contributed by atoms with van der Waals surface area (Å²) in [6.45, 7) is 0.833. The van der Waals surface area contributed by atoms with E-state index in [1.807, 2.05) is 6.34 Å². The highest BCUT2D eigenvalue weighted by Gasteiger charge is 2.41. The van der Waals surface area contributed by atoms with Crippen LogP contribution in [0.3, 0.4) is 0 Å². The van der Waals surface area contributed by atoms with Gasteiger partial charge in [-0.3, -0.25) is 4.99 Å². The first-order valence-electron chi connectivity index (χ1n) is 2.21. The summed E-state index contributed by atoms with van der Waals surface area (Å²) in [7, 11) is 0. The summed E-state index contributed by atoms with van der Waals surface area (Å²) in [5.74, 6) is 0. The van der Waals surface area contributed by atoms with Gasteiger partial charge in [-0.15, -0.1) is 0 Å². The molecule has 2 radical (unpaired) electrons. The molecule has 0 aromatic carbocycles. The van der Waals surface area contributed by atoms with Crippen LogP contribution in [0.5, 0.6) is 0 Å². The lowest BCUT2D eigenvalue weighted by molar-refractivity contribution is -0.138. The van der Waals surface area contributed by atoms with Crippen molar-refractivity contribution in [3.8, 4) is 0 Å². The molecule has 1 atom stereocenters. The molecule has 0 bridgehead atoms. The molecule has 0 aromatic heterocycles. The normalized spacial score (nSPS) is 26.3. The van der Waals surface area contributed by atoms with Gasteiger partial charge in [0.05, 0.1) is 6.54 Å². The first kappa shape index (κ1) is 6.38. The van der Waals surface area contributed by atoms with Crippen LogP contribution in [-0.4, -0.2) is 18.6 Å². The lowest BCUT2D eigenvalue weighted by Gasteiger charge is -2.08. The largest absolute Gasteiger partial charge is 0.412 e. The standard InChI is InChI=1S/C4H3F3N2/c5-4(6,7)3-1-8-2-9-3/h1,3H,(H,8,9). The average molecular weight is 136 g/mol. The monoisotopic (exact) mass is 136 g/mol. The molecule has 2 nitrogen and oxygen atoms in total. The van der Waals surface area contributed by atoms with Gasteiger partial charge in [0.15, 0.2) is 12.4 Å². The van der Waals surface area contributed by atoms with Crippen LogP contribution in [-0.2, 0) is 0 Å². The van der Waals surface area contributed by atoms with E-state index in [1.54, 1.807) is 0 Å². The van der Waals surface area contributed by atoms with Crippen molar-refractivity contribution in [2.75, 3.05) is 0 Å². The fourth-order valence-electron chi connectivity index (χ4n) is 0.428. The zero-order chi connectivity index (χ0) is 6.91. The summed E-state index contributed by atoms with van der Waals surface area (Å²) in [4.78, 5) is 2.97. The number of nitrogens with one attached hydrogen (secondary N) is 1. The van der Waals surface area contributed by atoms with Crippen LogP contribution in [0, 0.1) is 6.54 Å². The fourth-order valence-corrected chi connectivity index (χ4v) is 0.428. The number of hydrogen-bond acceptors (Lipinski definition) is 2. The third-order valence-electron chi connectivity index (χ3n) is 0.845. The molecule has 1 unspecified atom stereocenters. The third kappa shape index (κ3) is 1.34. The van der Waals surface area contributed by atoms with Crippen LogP contribution in [0.2, 0.25) is 0 Å². The Morgan fingerprint density at radius 1 is 1.56 bits per heavy atom. The molecule has 50 valence electrons. The van der Waals surface area contributed by atoms with Crippen molar-refractivity contribution in [3.05, 3.63) is 6.54 Å². The number of alkyl halides is 3. The first-order valence-corrected chi connectivity index (χ1v) is 2.21. The second-order valence-electron chi connectivity index (χ2n) is 1.54. The number of nitrogens with zero attached hydrogens (tertiary/aromatic N) is 1. The van der Waals surface area contributed by atoms with E-state index in [1.165, 1.54) is 0 Å². The molecule has 9 heavy (non-hydrogen) atoms. The second kappa shape index (κ2) is 1.89. The van der Waals surface area contributed by atoms with Gasteiger partial charge in [-0.2, -0.15) is 13.2 Å². The molecule has 1 aliphatic heterocycles. The molecular weight excluding hydrogens is 133 g/mol. The Morgan fingerprint density at radius 3 is 2.44 bits per heavy atom. The molecule has 5 heteroatoms. The maximum atomic E-state index is 11.6. The van der Waals surface area contributed by atoms with Crippen molar-refractivity contribution in [1.29, 1.82) is 0 Å². The van der Waals surface area contributed by atoms with Crippen LogP contribution < -0.4 is 5.32 Å². The summed E-state index contributed by atoms with van der Waals surface area (Å²) in [6.07, 6.45) is -2.29. The predicted octanol–water partition coefficient (Wildman–Crippen LogP) is 0.588. The topological polar surface area (TPSA) is 24.4 Å².